The van der Waals surface area contributed by atoms with Gasteiger partial charge in [-0.15, -0.1) is 0 Å². The Morgan fingerprint density at radius 2 is 1.65 bits per heavy atom. The van der Waals surface area contributed by atoms with Crippen LogP contribution in [0.2, 0.25) is 0 Å². The average Bonchev–Trinajstić information content (AvgIpc) is 3.34. The van der Waals surface area contributed by atoms with Crippen LogP contribution in [-0.4, -0.2) is 111 Å². The molecule has 5 atom stereocenters. The molecule has 0 aliphatic carbocycles. The van der Waals surface area contributed by atoms with E-state index in [0.717, 1.165) is 4.90 Å². The van der Waals surface area contributed by atoms with Crippen LogP contribution in [0.3, 0.4) is 0 Å². The molecule has 2 aliphatic heterocycles. The van der Waals surface area contributed by atoms with Gasteiger partial charge in [0.05, 0.1) is 5.69 Å². The lowest BCUT2D eigenvalue weighted by molar-refractivity contribution is -0.231. The Bertz CT molecular complexity index is 1300. The number of aliphatic carboxylic acids is 1. The zero-order valence-electron chi connectivity index (χ0n) is 25.3. The largest absolute Gasteiger partial charge is 0.489 e. The van der Waals surface area contributed by atoms with Crippen molar-refractivity contribution in [1.29, 1.82) is 0 Å². The Balaban J connectivity index is 1.51. The van der Waals surface area contributed by atoms with Gasteiger partial charge in [-0.2, -0.15) is 0 Å². The smallest absolute Gasteiger partial charge is 0.335 e. The van der Waals surface area contributed by atoms with E-state index in [0.29, 0.717) is 24.8 Å². The first-order valence-corrected chi connectivity index (χ1v) is 14.8. The van der Waals surface area contributed by atoms with Gasteiger partial charge in [0.25, 0.3) is 11.8 Å². The molecule has 0 saturated carbocycles. The number of hydrogen-bond acceptors (Lipinski definition) is 12. The molecular formula is C30H39N3O13. The Hall–Kier alpha value is -4.38. The zero-order valence-corrected chi connectivity index (χ0v) is 25.3. The van der Waals surface area contributed by atoms with Crippen molar-refractivity contribution in [1.82, 2.24) is 10.2 Å². The molecule has 1 aromatic carbocycles. The second kappa shape index (κ2) is 17.4. The van der Waals surface area contributed by atoms with Gasteiger partial charge in [0.15, 0.2) is 6.10 Å². The summed E-state index contributed by atoms with van der Waals surface area (Å²) in [5, 5.41) is 44.8. The van der Waals surface area contributed by atoms with Crippen molar-refractivity contribution in [2.24, 2.45) is 0 Å². The van der Waals surface area contributed by atoms with Crippen molar-refractivity contribution >= 4 is 41.3 Å². The van der Waals surface area contributed by atoms with Crippen LogP contribution in [0.25, 0.3) is 0 Å². The summed E-state index contributed by atoms with van der Waals surface area (Å²) in [5.74, 6) is -3.37. The van der Waals surface area contributed by atoms with E-state index < -0.39 is 55.0 Å². The van der Waals surface area contributed by atoms with Crippen molar-refractivity contribution < 1.29 is 63.4 Å². The first-order valence-electron chi connectivity index (χ1n) is 14.8. The van der Waals surface area contributed by atoms with Crippen molar-refractivity contribution in [3.63, 3.8) is 0 Å². The summed E-state index contributed by atoms with van der Waals surface area (Å²) in [7, 11) is 0. The van der Waals surface area contributed by atoms with Crippen molar-refractivity contribution in [2.45, 2.75) is 82.6 Å². The number of aliphatic hydroxyl groups excluding tert-OH is 3. The highest BCUT2D eigenvalue weighted by Crippen LogP contribution is 2.29. The van der Waals surface area contributed by atoms with Crippen molar-refractivity contribution in [3.8, 4) is 5.75 Å². The van der Waals surface area contributed by atoms with Gasteiger partial charge in [-0.1, -0.05) is 19.4 Å². The molecular weight excluding hydrogens is 610 g/mol. The van der Waals surface area contributed by atoms with Crippen molar-refractivity contribution in [3.05, 3.63) is 35.9 Å². The number of imide groups is 1. The first kappa shape index (κ1) is 36.1. The van der Waals surface area contributed by atoms with Crippen LogP contribution in [0.15, 0.2) is 30.4 Å². The molecule has 0 bridgehead atoms. The molecule has 0 aromatic heterocycles. The maximum Gasteiger partial charge on any atom is 0.335 e. The molecule has 2 aliphatic rings. The fourth-order valence-electron chi connectivity index (χ4n) is 4.62. The number of amides is 4. The summed E-state index contributed by atoms with van der Waals surface area (Å²) in [6.07, 6.45) is -4.09. The summed E-state index contributed by atoms with van der Waals surface area (Å²) < 4.78 is 16.1. The second-order valence-corrected chi connectivity index (χ2v) is 10.7. The number of anilines is 1. The van der Waals surface area contributed by atoms with Crippen LogP contribution in [0.1, 0.15) is 51.0 Å². The highest BCUT2D eigenvalue weighted by molar-refractivity contribution is 6.12. The fraction of sp³-hybridized carbons (Fsp3) is 0.533. The number of benzene rings is 1. The lowest BCUT2D eigenvalue weighted by Crippen LogP contribution is -2.61. The van der Waals surface area contributed by atoms with Crippen LogP contribution in [0.5, 0.6) is 5.75 Å². The highest BCUT2D eigenvalue weighted by Gasteiger charge is 2.47. The number of aliphatic hydroxyl groups is 3. The molecule has 4 amide bonds. The van der Waals surface area contributed by atoms with Crippen molar-refractivity contribution in [2.75, 3.05) is 25.0 Å². The highest BCUT2D eigenvalue weighted by atomic mass is 16.6. The van der Waals surface area contributed by atoms with Crippen LogP contribution in [-0.2, 0) is 44.8 Å². The molecule has 1 aromatic rings. The summed E-state index contributed by atoms with van der Waals surface area (Å²) in [5.41, 5.74) is 0.651. The third-order valence-electron chi connectivity index (χ3n) is 7.23. The maximum absolute atomic E-state index is 12.7. The van der Waals surface area contributed by atoms with E-state index in [2.05, 4.69) is 10.6 Å². The first-order chi connectivity index (χ1) is 21.9. The minimum Gasteiger partial charge on any atom is -0.489 e. The molecule has 2 heterocycles. The number of rotatable bonds is 17. The minimum absolute atomic E-state index is 0.0238. The number of carbonyl (C=O) groups is 6. The van der Waals surface area contributed by atoms with Gasteiger partial charge in [-0.25, -0.2) is 4.79 Å². The number of carboxylic acid groups (broad SMARTS) is 1. The average molecular weight is 650 g/mol. The SMILES string of the molecule is CCC(=O)OCc1ccc(OCC2OC(C(=O)O)C(O)C(O)C2O)c(NC(=O)CCNC(=O)CCCCCN2C(=O)C=CC2=O)c1. The molecule has 252 valence electrons. The minimum atomic E-state index is -1.86. The molecule has 3 rings (SSSR count). The van der Waals surface area contributed by atoms with Gasteiger partial charge in [0.2, 0.25) is 11.8 Å². The van der Waals surface area contributed by atoms with Gasteiger partial charge in [0.1, 0.15) is 43.4 Å². The van der Waals surface area contributed by atoms with Gasteiger partial charge in [-0.3, -0.25) is 28.9 Å². The zero-order chi connectivity index (χ0) is 33.8. The third kappa shape index (κ3) is 10.3. The predicted molar refractivity (Wildman–Crippen MR) is 157 cm³/mol. The lowest BCUT2D eigenvalue weighted by Gasteiger charge is -2.38. The normalized spacial score (nSPS) is 22.4. The molecule has 5 unspecified atom stereocenters. The number of hydrogen-bond donors (Lipinski definition) is 6. The van der Waals surface area contributed by atoms with Gasteiger partial charge >= 0.3 is 11.9 Å². The number of esters is 1. The number of unbranched alkanes of at least 4 members (excludes halogenated alkanes) is 2. The van der Waals surface area contributed by atoms with Gasteiger partial charge in [-0.05, 0) is 30.5 Å². The van der Waals surface area contributed by atoms with Gasteiger partial charge < -0.3 is 45.3 Å². The number of nitrogens with one attached hydrogen (secondary N) is 2. The number of carboxylic acids is 1. The predicted octanol–water partition coefficient (Wildman–Crippen LogP) is -0.616. The maximum atomic E-state index is 12.7. The van der Waals surface area contributed by atoms with E-state index in [4.69, 9.17) is 14.2 Å². The van der Waals surface area contributed by atoms with E-state index in [1.54, 1.807) is 13.0 Å². The van der Waals surface area contributed by atoms with Crippen LogP contribution >= 0.6 is 0 Å². The number of nitrogens with zero attached hydrogens (tertiary/aromatic N) is 1. The molecule has 0 spiro atoms. The van der Waals surface area contributed by atoms with E-state index in [-0.39, 0.29) is 68.1 Å². The van der Waals surface area contributed by atoms with E-state index >= 15 is 0 Å². The fourth-order valence-corrected chi connectivity index (χ4v) is 4.62. The Morgan fingerprint density at radius 3 is 2.33 bits per heavy atom. The van der Waals surface area contributed by atoms with E-state index in [1.807, 2.05) is 0 Å². The van der Waals surface area contributed by atoms with Crippen LogP contribution in [0.4, 0.5) is 5.69 Å². The molecule has 1 fully saturated rings. The summed E-state index contributed by atoms with van der Waals surface area (Å²) in [6, 6.07) is 4.50. The Kier molecular flexibility index (Phi) is 13.6. The third-order valence-corrected chi connectivity index (χ3v) is 7.23. The van der Waals surface area contributed by atoms with Crippen LogP contribution in [0, 0.1) is 0 Å². The Morgan fingerprint density at radius 1 is 0.935 bits per heavy atom. The lowest BCUT2D eigenvalue weighted by atomic mass is 9.95. The Labute approximate surface area is 264 Å². The summed E-state index contributed by atoms with van der Waals surface area (Å²) in [6.45, 7) is 1.39. The monoisotopic (exact) mass is 649 g/mol. The number of carbonyl (C=O) groups excluding carboxylic acids is 5. The summed E-state index contributed by atoms with van der Waals surface area (Å²) in [4.78, 5) is 72.2. The van der Waals surface area contributed by atoms with E-state index in [1.165, 1.54) is 24.3 Å². The number of ether oxygens (including phenoxy) is 3. The molecule has 0 radical (unpaired) electrons. The standard InChI is InChI=1S/C30H39N3O13/c1-2-25(38)45-15-17-7-8-19(44-16-20-26(39)27(40)28(41)29(46-20)30(42)43)18(14-17)32-22(35)11-12-31-21(34)6-4-3-5-13-33-23(36)9-10-24(33)37/h7-10,14,20,26-29,39-41H,2-6,11-13,15-16H2,1H3,(H,31,34)(H,32,35)(H,42,43). The molecule has 16 nitrogen and oxygen atoms in total. The topological polar surface area (TPSA) is 238 Å². The second-order valence-electron chi connectivity index (χ2n) is 10.7. The summed E-state index contributed by atoms with van der Waals surface area (Å²) >= 11 is 0. The molecule has 46 heavy (non-hydrogen) atoms. The van der Waals surface area contributed by atoms with Crippen LogP contribution < -0.4 is 15.4 Å². The molecule has 1 saturated heterocycles. The van der Waals surface area contributed by atoms with Gasteiger partial charge in [0, 0.05) is 44.5 Å². The molecule has 16 heteroatoms. The quantitative estimate of drug-likeness (QED) is 0.0702. The van der Waals surface area contributed by atoms with E-state index in [9.17, 15) is 49.2 Å². The molecule has 6 N–H and O–H groups in total.